The normalized spacial score (nSPS) is 22.2. The summed E-state index contributed by atoms with van der Waals surface area (Å²) in [5.74, 6) is 1.89. The summed E-state index contributed by atoms with van der Waals surface area (Å²) in [4.78, 5) is 2.26. The van der Waals surface area contributed by atoms with E-state index in [9.17, 15) is 5.11 Å². The van der Waals surface area contributed by atoms with Crippen LogP contribution in [0.2, 0.25) is 0 Å². The standard InChI is InChI=1S/C17H23N3O3/c1-12-4-3-5-14(11-21)20(12)10-16-18-19-17(23-16)13-6-8-15(22-2)9-7-13/h6-9,12,14,21H,3-5,10-11H2,1-2H3. The fourth-order valence-corrected chi connectivity index (χ4v) is 3.15. The summed E-state index contributed by atoms with van der Waals surface area (Å²) in [5.41, 5.74) is 0.870. The summed E-state index contributed by atoms with van der Waals surface area (Å²) >= 11 is 0. The van der Waals surface area contributed by atoms with Gasteiger partial charge in [0.05, 0.1) is 20.3 Å². The van der Waals surface area contributed by atoms with Gasteiger partial charge in [0, 0.05) is 17.6 Å². The number of nitrogens with zero attached hydrogens (tertiary/aromatic N) is 3. The second-order valence-electron chi connectivity index (χ2n) is 6.02. The fraction of sp³-hybridized carbons (Fsp3) is 0.529. The Bertz CT molecular complexity index is 626. The summed E-state index contributed by atoms with van der Waals surface area (Å²) in [6.07, 6.45) is 3.31. The van der Waals surface area contributed by atoms with Crippen molar-refractivity contribution in [3.63, 3.8) is 0 Å². The van der Waals surface area contributed by atoms with Crippen molar-refractivity contribution in [3.8, 4) is 17.2 Å². The van der Waals surface area contributed by atoms with E-state index in [4.69, 9.17) is 9.15 Å². The summed E-state index contributed by atoms with van der Waals surface area (Å²) in [6.45, 7) is 2.93. The Balaban J connectivity index is 1.73. The van der Waals surface area contributed by atoms with E-state index in [2.05, 4.69) is 22.0 Å². The van der Waals surface area contributed by atoms with E-state index in [-0.39, 0.29) is 12.6 Å². The molecule has 0 aliphatic carbocycles. The lowest BCUT2D eigenvalue weighted by atomic mass is 9.97. The quantitative estimate of drug-likeness (QED) is 0.913. The average Bonchev–Trinajstić information content (AvgIpc) is 3.05. The van der Waals surface area contributed by atoms with Gasteiger partial charge in [-0.1, -0.05) is 6.42 Å². The number of hydrogen-bond donors (Lipinski definition) is 1. The molecule has 6 heteroatoms. The number of aliphatic hydroxyl groups excluding tert-OH is 1. The van der Waals surface area contributed by atoms with Crippen molar-refractivity contribution in [2.45, 2.75) is 44.8 Å². The van der Waals surface area contributed by atoms with Crippen LogP contribution in [0.1, 0.15) is 32.1 Å². The molecule has 23 heavy (non-hydrogen) atoms. The molecule has 0 saturated carbocycles. The molecule has 2 heterocycles. The van der Waals surface area contributed by atoms with Crippen molar-refractivity contribution in [2.24, 2.45) is 0 Å². The summed E-state index contributed by atoms with van der Waals surface area (Å²) in [6, 6.07) is 8.13. The van der Waals surface area contributed by atoms with Gasteiger partial charge >= 0.3 is 0 Å². The number of aromatic nitrogens is 2. The third-order valence-electron chi connectivity index (χ3n) is 4.53. The van der Waals surface area contributed by atoms with Gasteiger partial charge in [0.25, 0.3) is 0 Å². The van der Waals surface area contributed by atoms with E-state index >= 15 is 0 Å². The third kappa shape index (κ3) is 3.54. The summed E-state index contributed by atoms with van der Waals surface area (Å²) in [5, 5.41) is 17.9. The molecule has 1 fully saturated rings. The minimum Gasteiger partial charge on any atom is -0.497 e. The molecule has 0 spiro atoms. The van der Waals surface area contributed by atoms with Gasteiger partial charge < -0.3 is 14.3 Å². The fourth-order valence-electron chi connectivity index (χ4n) is 3.15. The highest BCUT2D eigenvalue weighted by molar-refractivity contribution is 5.53. The molecule has 0 bridgehead atoms. The Morgan fingerprint density at radius 1 is 1.26 bits per heavy atom. The first-order chi connectivity index (χ1) is 11.2. The number of ether oxygens (including phenoxy) is 1. The Morgan fingerprint density at radius 2 is 2.04 bits per heavy atom. The van der Waals surface area contributed by atoms with E-state index in [1.807, 2.05) is 24.3 Å². The van der Waals surface area contributed by atoms with Crippen molar-refractivity contribution < 1.29 is 14.3 Å². The molecule has 1 aliphatic rings. The van der Waals surface area contributed by atoms with E-state index in [0.29, 0.717) is 24.4 Å². The van der Waals surface area contributed by atoms with Crippen LogP contribution in [0.5, 0.6) is 5.75 Å². The first-order valence-corrected chi connectivity index (χ1v) is 8.04. The van der Waals surface area contributed by atoms with Crippen LogP contribution in [0, 0.1) is 0 Å². The van der Waals surface area contributed by atoms with E-state index in [1.54, 1.807) is 7.11 Å². The minimum atomic E-state index is 0.170. The summed E-state index contributed by atoms with van der Waals surface area (Å²) < 4.78 is 11.0. The first-order valence-electron chi connectivity index (χ1n) is 8.04. The SMILES string of the molecule is COc1ccc(-c2nnc(CN3C(C)CCCC3CO)o2)cc1. The number of piperidine rings is 1. The van der Waals surface area contributed by atoms with Crippen LogP contribution in [-0.4, -0.2) is 46.0 Å². The molecule has 0 radical (unpaired) electrons. The highest BCUT2D eigenvalue weighted by atomic mass is 16.5. The highest BCUT2D eigenvalue weighted by Crippen LogP contribution is 2.26. The maximum Gasteiger partial charge on any atom is 0.247 e. The van der Waals surface area contributed by atoms with Crippen LogP contribution >= 0.6 is 0 Å². The smallest absolute Gasteiger partial charge is 0.247 e. The maximum atomic E-state index is 9.57. The molecule has 1 aliphatic heterocycles. The van der Waals surface area contributed by atoms with Gasteiger partial charge in [0.2, 0.25) is 11.8 Å². The van der Waals surface area contributed by atoms with Gasteiger partial charge in [-0.2, -0.15) is 0 Å². The molecule has 3 rings (SSSR count). The predicted octanol–water partition coefficient (Wildman–Crippen LogP) is 2.48. The van der Waals surface area contributed by atoms with E-state index in [0.717, 1.165) is 30.6 Å². The van der Waals surface area contributed by atoms with Crippen LogP contribution in [0.4, 0.5) is 0 Å². The van der Waals surface area contributed by atoms with Crippen LogP contribution in [0.25, 0.3) is 11.5 Å². The Kier molecular flexibility index (Phi) is 4.93. The molecule has 1 saturated heterocycles. The maximum absolute atomic E-state index is 9.57. The lowest BCUT2D eigenvalue weighted by molar-refractivity contribution is 0.0386. The number of hydrogen-bond acceptors (Lipinski definition) is 6. The Morgan fingerprint density at radius 3 is 2.74 bits per heavy atom. The van der Waals surface area contributed by atoms with Crippen molar-refractivity contribution >= 4 is 0 Å². The molecule has 6 nitrogen and oxygen atoms in total. The number of benzene rings is 1. The number of rotatable bonds is 5. The monoisotopic (exact) mass is 317 g/mol. The van der Waals surface area contributed by atoms with E-state index < -0.39 is 0 Å². The molecule has 2 aromatic rings. The van der Waals surface area contributed by atoms with E-state index in [1.165, 1.54) is 0 Å². The highest BCUT2D eigenvalue weighted by Gasteiger charge is 2.28. The van der Waals surface area contributed by atoms with Crippen LogP contribution in [-0.2, 0) is 6.54 Å². The molecule has 2 atom stereocenters. The van der Waals surface area contributed by atoms with Crippen molar-refractivity contribution in [2.75, 3.05) is 13.7 Å². The molecular formula is C17H23N3O3. The molecule has 1 N–H and O–H groups in total. The van der Waals surface area contributed by atoms with Gasteiger partial charge in [-0.15, -0.1) is 10.2 Å². The topological polar surface area (TPSA) is 71.6 Å². The van der Waals surface area contributed by atoms with Crippen molar-refractivity contribution in [1.29, 1.82) is 0 Å². The lowest BCUT2D eigenvalue weighted by Gasteiger charge is -2.38. The average molecular weight is 317 g/mol. The predicted molar refractivity (Wildman–Crippen MR) is 86.0 cm³/mol. The molecule has 1 aromatic carbocycles. The second kappa shape index (κ2) is 7.10. The van der Waals surface area contributed by atoms with Crippen LogP contribution in [0.3, 0.4) is 0 Å². The zero-order valence-corrected chi connectivity index (χ0v) is 13.6. The Labute approximate surface area is 136 Å². The largest absolute Gasteiger partial charge is 0.497 e. The zero-order chi connectivity index (χ0) is 16.2. The molecule has 1 aromatic heterocycles. The minimum absolute atomic E-state index is 0.170. The first kappa shape index (κ1) is 16.0. The zero-order valence-electron chi connectivity index (χ0n) is 13.6. The van der Waals surface area contributed by atoms with Gasteiger partial charge in [-0.25, -0.2) is 0 Å². The van der Waals surface area contributed by atoms with Gasteiger partial charge in [0.15, 0.2) is 0 Å². The molecular weight excluding hydrogens is 294 g/mol. The van der Waals surface area contributed by atoms with Crippen molar-refractivity contribution in [3.05, 3.63) is 30.2 Å². The van der Waals surface area contributed by atoms with Crippen LogP contribution in [0.15, 0.2) is 28.7 Å². The van der Waals surface area contributed by atoms with Crippen molar-refractivity contribution in [1.82, 2.24) is 15.1 Å². The molecule has 124 valence electrons. The van der Waals surface area contributed by atoms with Gasteiger partial charge in [-0.3, -0.25) is 4.90 Å². The third-order valence-corrected chi connectivity index (χ3v) is 4.53. The number of aliphatic hydroxyl groups is 1. The second-order valence-corrected chi connectivity index (χ2v) is 6.02. The summed E-state index contributed by atoms with van der Waals surface area (Å²) in [7, 11) is 1.64. The van der Waals surface area contributed by atoms with Gasteiger partial charge in [-0.05, 0) is 44.0 Å². The van der Waals surface area contributed by atoms with Crippen LogP contribution < -0.4 is 4.74 Å². The number of methoxy groups -OCH3 is 1. The molecule has 0 amide bonds. The number of likely N-dealkylation sites (tertiary alicyclic amines) is 1. The lowest BCUT2D eigenvalue weighted by Crippen LogP contribution is -2.46. The van der Waals surface area contributed by atoms with Gasteiger partial charge in [0.1, 0.15) is 5.75 Å². The Hall–Kier alpha value is -1.92. The molecule has 2 unspecified atom stereocenters.